The summed E-state index contributed by atoms with van der Waals surface area (Å²) in [6.45, 7) is 1.92. The van der Waals surface area contributed by atoms with Gasteiger partial charge >= 0.3 is 5.97 Å². The van der Waals surface area contributed by atoms with Gasteiger partial charge in [-0.1, -0.05) is 11.6 Å². The number of halogens is 2. The molecule has 0 bridgehead atoms. The van der Waals surface area contributed by atoms with E-state index in [2.05, 4.69) is 0 Å². The monoisotopic (exact) mass is 241 g/mol. The van der Waals surface area contributed by atoms with Crippen LogP contribution in [0.5, 0.6) is 0 Å². The third kappa shape index (κ3) is 2.94. The Kier molecular flexibility index (Phi) is 4.27. The summed E-state index contributed by atoms with van der Waals surface area (Å²) in [5.41, 5.74) is 0.387. The molecular formula is C11H9ClFNO2. The lowest BCUT2D eigenvalue weighted by Gasteiger charge is -2.05. The van der Waals surface area contributed by atoms with Crippen LogP contribution in [-0.2, 0) is 16.0 Å². The molecule has 3 nitrogen and oxygen atoms in total. The molecule has 0 aromatic heterocycles. The van der Waals surface area contributed by atoms with Gasteiger partial charge in [0.05, 0.1) is 29.7 Å². The average Bonchev–Trinajstić information content (AvgIpc) is 2.24. The zero-order valence-electron chi connectivity index (χ0n) is 8.59. The van der Waals surface area contributed by atoms with Gasteiger partial charge in [0.15, 0.2) is 0 Å². The largest absolute Gasteiger partial charge is 0.466 e. The van der Waals surface area contributed by atoms with Crippen molar-refractivity contribution in [3.63, 3.8) is 0 Å². The number of hydrogen-bond acceptors (Lipinski definition) is 3. The Morgan fingerprint density at radius 2 is 2.31 bits per heavy atom. The van der Waals surface area contributed by atoms with Crippen LogP contribution in [0.1, 0.15) is 18.1 Å². The van der Waals surface area contributed by atoms with Gasteiger partial charge in [-0.3, -0.25) is 4.79 Å². The molecule has 0 amide bonds. The first-order valence-electron chi connectivity index (χ1n) is 4.62. The minimum absolute atomic E-state index is 0.126. The van der Waals surface area contributed by atoms with Crippen LogP contribution in [-0.4, -0.2) is 12.6 Å². The van der Waals surface area contributed by atoms with E-state index in [0.717, 1.165) is 6.07 Å². The SMILES string of the molecule is CCOC(=O)Cc1cc(C#N)cc(F)c1Cl. The lowest BCUT2D eigenvalue weighted by atomic mass is 10.1. The minimum atomic E-state index is -0.708. The quantitative estimate of drug-likeness (QED) is 0.764. The minimum Gasteiger partial charge on any atom is -0.466 e. The van der Waals surface area contributed by atoms with Crippen LogP contribution in [0.4, 0.5) is 4.39 Å². The number of rotatable bonds is 3. The second-order valence-corrected chi connectivity index (χ2v) is 3.40. The van der Waals surface area contributed by atoms with Crippen LogP contribution in [0.3, 0.4) is 0 Å². The van der Waals surface area contributed by atoms with Gasteiger partial charge in [0, 0.05) is 0 Å². The normalized spacial score (nSPS) is 9.62. The van der Waals surface area contributed by atoms with E-state index < -0.39 is 11.8 Å². The van der Waals surface area contributed by atoms with E-state index in [1.165, 1.54) is 6.07 Å². The molecule has 0 radical (unpaired) electrons. The molecule has 0 saturated heterocycles. The molecule has 84 valence electrons. The maximum Gasteiger partial charge on any atom is 0.310 e. The molecule has 0 atom stereocenters. The zero-order chi connectivity index (χ0) is 12.1. The van der Waals surface area contributed by atoms with Crippen LogP contribution >= 0.6 is 11.6 Å². The van der Waals surface area contributed by atoms with Gasteiger partial charge in [0.25, 0.3) is 0 Å². The Morgan fingerprint density at radius 1 is 1.62 bits per heavy atom. The summed E-state index contributed by atoms with van der Waals surface area (Å²) in [6.07, 6.45) is -0.140. The van der Waals surface area contributed by atoms with Crippen LogP contribution in [0.15, 0.2) is 12.1 Å². The molecule has 16 heavy (non-hydrogen) atoms. The molecular weight excluding hydrogens is 233 g/mol. The Balaban J connectivity index is 3.00. The van der Waals surface area contributed by atoms with Crippen molar-refractivity contribution in [2.75, 3.05) is 6.61 Å². The molecule has 0 aliphatic rings. The second-order valence-electron chi connectivity index (χ2n) is 3.02. The number of ether oxygens (including phenoxy) is 1. The second kappa shape index (κ2) is 5.47. The highest BCUT2D eigenvalue weighted by Gasteiger charge is 2.13. The fraction of sp³-hybridized carbons (Fsp3) is 0.273. The summed E-state index contributed by atoms with van der Waals surface area (Å²) < 4.78 is 17.9. The van der Waals surface area contributed by atoms with Crippen molar-refractivity contribution in [2.45, 2.75) is 13.3 Å². The molecule has 1 rings (SSSR count). The molecule has 0 saturated carbocycles. The molecule has 0 heterocycles. The number of carbonyl (C=O) groups is 1. The predicted octanol–water partition coefficient (Wildman–Crippen LogP) is 2.46. The highest BCUT2D eigenvalue weighted by molar-refractivity contribution is 6.31. The number of benzene rings is 1. The smallest absolute Gasteiger partial charge is 0.310 e. The van der Waals surface area contributed by atoms with Gasteiger partial charge in [-0.2, -0.15) is 5.26 Å². The number of esters is 1. The van der Waals surface area contributed by atoms with Gasteiger partial charge in [0.2, 0.25) is 0 Å². The summed E-state index contributed by atoms with van der Waals surface area (Å²) in [5, 5.41) is 8.49. The summed E-state index contributed by atoms with van der Waals surface area (Å²) >= 11 is 5.67. The van der Waals surface area contributed by atoms with Crippen molar-refractivity contribution < 1.29 is 13.9 Å². The van der Waals surface area contributed by atoms with E-state index in [9.17, 15) is 9.18 Å². The van der Waals surface area contributed by atoms with E-state index in [0.29, 0.717) is 0 Å². The van der Waals surface area contributed by atoms with Crippen molar-refractivity contribution in [1.29, 1.82) is 5.26 Å². The van der Waals surface area contributed by atoms with E-state index in [1.54, 1.807) is 13.0 Å². The maximum atomic E-state index is 13.2. The van der Waals surface area contributed by atoms with Gasteiger partial charge in [-0.05, 0) is 24.6 Å². The van der Waals surface area contributed by atoms with Crippen molar-refractivity contribution in [2.24, 2.45) is 0 Å². The highest BCUT2D eigenvalue weighted by Crippen LogP contribution is 2.22. The number of carbonyl (C=O) groups excluding carboxylic acids is 1. The third-order valence-electron chi connectivity index (χ3n) is 1.87. The van der Waals surface area contributed by atoms with Crippen molar-refractivity contribution in [3.8, 4) is 6.07 Å². The van der Waals surface area contributed by atoms with E-state index in [4.69, 9.17) is 21.6 Å². The predicted molar refractivity (Wildman–Crippen MR) is 56.5 cm³/mol. The number of hydrogen-bond donors (Lipinski definition) is 0. The van der Waals surface area contributed by atoms with Crippen molar-refractivity contribution in [1.82, 2.24) is 0 Å². The topological polar surface area (TPSA) is 50.1 Å². The molecule has 1 aromatic rings. The zero-order valence-corrected chi connectivity index (χ0v) is 9.34. The lowest BCUT2D eigenvalue weighted by molar-refractivity contribution is -0.142. The van der Waals surface area contributed by atoms with Crippen molar-refractivity contribution >= 4 is 17.6 Å². The molecule has 0 unspecified atom stereocenters. The summed E-state index contributed by atoms with van der Waals surface area (Å²) in [7, 11) is 0. The Hall–Kier alpha value is -1.60. The summed E-state index contributed by atoms with van der Waals surface area (Å²) in [6, 6.07) is 4.19. The van der Waals surface area contributed by atoms with Gasteiger partial charge in [0.1, 0.15) is 5.82 Å². The maximum absolute atomic E-state index is 13.2. The Labute approximate surface area is 97.4 Å². The first kappa shape index (κ1) is 12.5. The highest BCUT2D eigenvalue weighted by atomic mass is 35.5. The van der Waals surface area contributed by atoms with Gasteiger partial charge in [-0.25, -0.2) is 4.39 Å². The third-order valence-corrected chi connectivity index (χ3v) is 2.30. The van der Waals surface area contributed by atoms with E-state index in [1.807, 2.05) is 0 Å². The van der Waals surface area contributed by atoms with Gasteiger partial charge < -0.3 is 4.74 Å². The average molecular weight is 242 g/mol. The molecule has 0 aliphatic heterocycles. The van der Waals surface area contributed by atoms with Gasteiger partial charge in [-0.15, -0.1) is 0 Å². The Bertz CT molecular complexity index is 454. The Morgan fingerprint density at radius 3 is 2.88 bits per heavy atom. The van der Waals surface area contributed by atoms with E-state index >= 15 is 0 Å². The summed E-state index contributed by atoms with van der Waals surface area (Å²) in [5.74, 6) is -1.21. The molecule has 0 N–H and O–H groups in total. The van der Waals surface area contributed by atoms with Crippen LogP contribution < -0.4 is 0 Å². The molecule has 1 aromatic carbocycles. The number of nitriles is 1. The fourth-order valence-electron chi connectivity index (χ4n) is 1.21. The first-order valence-corrected chi connectivity index (χ1v) is 5.00. The molecule has 0 aliphatic carbocycles. The first-order chi connectivity index (χ1) is 7.58. The molecule has 5 heteroatoms. The standard InChI is InChI=1S/C11H9ClFNO2/c1-2-16-10(15)5-8-3-7(6-14)4-9(13)11(8)12/h3-4H,2,5H2,1H3. The molecule has 0 spiro atoms. The van der Waals surface area contributed by atoms with Crippen LogP contribution in [0.2, 0.25) is 5.02 Å². The number of nitrogens with zero attached hydrogens (tertiary/aromatic N) is 1. The van der Waals surface area contributed by atoms with Crippen LogP contribution in [0.25, 0.3) is 0 Å². The summed E-state index contributed by atoms with van der Waals surface area (Å²) in [4.78, 5) is 11.2. The van der Waals surface area contributed by atoms with E-state index in [-0.39, 0.29) is 29.2 Å². The lowest BCUT2D eigenvalue weighted by Crippen LogP contribution is -2.08. The van der Waals surface area contributed by atoms with Crippen LogP contribution in [0, 0.1) is 17.1 Å². The molecule has 0 fully saturated rings. The fourth-order valence-corrected chi connectivity index (χ4v) is 1.38. The van der Waals surface area contributed by atoms with Crippen molar-refractivity contribution in [3.05, 3.63) is 34.1 Å².